The topological polar surface area (TPSA) is 47.1 Å². The van der Waals surface area contributed by atoms with E-state index in [0.29, 0.717) is 6.54 Å². The van der Waals surface area contributed by atoms with Crippen LogP contribution in [0.2, 0.25) is 0 Å². The van der Waals surface area contributed by atoms with Crippen molar-refractivity contribution in [2.24, 2.45) is 12.8 Å². The summed E-state index contributed by atoms with van der Waals surface area (Å²) >= 11 is 0. The highest BCUT2D eigenvalue weighted by Gasteiger charge is 2.20. The molecule has 114 valence electrons. The Bertz CT molecular complexity index is 576. The van der Waals surface area contributed by atoms with Crippen molar-refractivity contribution in [2.45, 2.75) is 25.9 Å². The van der Waals surface area contributed by atoms with Crippen LogP contribution in [0.1, 0.15) is 29.8 Å². The van der Waals surface area contributed by atoms with Crippen molar-refractivity contribution in [3.63, 3.8) is 0 Å². The van der Waals surface area contributed by atoms with Gasteiger partial charge in [-0.1, -0.05) is 19.1 Å². The first-order valence-corrected chi connectivity index (χ1v) is 7.22. The number of aryl methyl sites for hydroxylation is 2. The third kappa shape index (κ3) is 3.68. The molecule has 0 radical (unpaired) electrons. The fourth-order valence-corrected chi connectivity index (χ4v) is 2.64. The van der Waals surface area contributed by atoms with Gasteiger partial charge in [0, 0.05) is 31.9 Å². The zero-order chi connectivity index (χ0) is 15.4. The van der Waals surface area contributed by atoms with Crippen molar-refractivity contribution < 1.29 is 4.39 Å². The molecule has 0 fully saturated rings. The summed E-state index contributed by atoms with van der Waals surface area (Å²) in [7, 11) is 3.96. The van der Waals surface area contributed by atoms with E-state index in [4.69, 9.17) is 5.73 Å². The molecule has 0 saturated heterocycles. The van der Waals surface area contributed by atoms with E-state index >= 15 is 0 Å². The lowest BCUT2D eigenvalue weighted by Gasteiger charge is -2.27. The highest BCUT2D eigenvalue weighted by atomic mass is 19.1. The van der Waals surface area contributed by atoms with Gasteiger partial charge in [-0.05, 0) is 31.2 Å². The van der Waals surface area contributed by atoms with E-state index in [1.807, 2.05) is 37.1 Å². The Morgan fingerprint density at radius 2 is 2.00 bits per heavy atom. The highest BCUT2D eigenvalue weighted by molar-refractivity contribution is 5.23. The molecule has 0 amide bonds. The molecule has 0 bridgehead atoms. The van der Waals surface area contributed by atoms with Crippen LogP contribution in [0, 0.1) is 5.82 Å². The zero-order valence-corrected chi connectivity index (χ0v) is 12.9. The number of nitrogens with two attached hydrogens (primary N) is 1. The van der Waals surface area contributed by atoms with E-state index in [9.17, 15) is 4.39 Å². The third-order valence-electron chi connectivity index (χ3n) is 3.73. The smallest absolute Gasteiger partial charge is 0.123 e. The molecule has 21 heavy (non-hydrogen) atoms. The Morgan fingerprint density at radius 1 is 1.33 bits per heavy atom. The molecule has 4 nitrogen and oxygen atoms in total. The maximum atomic E-state index is 13.0. The maximum Gasteiger partial charge on any atom is 0.123 e. The minimum atomic E-state index is -0.211. The van der Waals surface area contributed by atoms with Crippen molar-refractivity contribution in [1.82, 2.24) is 14.7 Å². The molecule has 0 spiro atoms. The van der Waals surface area contributed by atoms with Crippen LogP contribution in [-0.4, -0.2) is 28.3 Å². The van der Waals surface area contributed by atoms with Crippen LogP contribution in [0.5, 0.6) is 0 Å². The Kier molecular flexibility index (Phi) is 5.09. The van der Waals surface area contributed by atoms with Crippen LogP contribution in [0.15, 0.2) is 30.5 Å². The predicted octanol–water partition coefficient (Wildman–Crippen LogP) is 2.25. The van der Waals surface area contributed by atoms with Crippen LogP contribution in [-0.2, 0) is 20.0 Å². The molecular weight excluding hydrogens is 267 g/mol. The first kappa shape index (κ1) is 15.7. The number of nitrogens with zero attached hydrogens (tertiary/aromatic N) is 3. The van der Waals surface area contributed by atoms with E-state index in [0.717, 1.165) is 24.2 Å². The Morgan fingerprint density at radius 3 is 2.57 bits per heavy atom. The second kappa shape index (κ2) is 6.83. The minimum absolute atomic E-state index is 0.110. The molecule has 1 atom stereocenters. The molecule has 0 aliphatic carbocycles. The molecule has 0 aliphatic heterocycles. The number of likely N-dealkylation sites (N-methyl/N-ethyl adjacent to an activating group) is 1. The van der Waals surface area contributed by atoms with Crippen LogP contribution in [0.25, 0.3) is 0 Å². The Labute approximate surface area is 125 Å². The summed E-state index contributed by atoms with van der Waals surface area (Å²) in [5, 5.41) is 4.48. The number of halogens is 1. The lowest BCUT2D eigenvalue weighted by Crippen LogP contribution is -2.30. The Balaban J connectivity index is 2.17. The second-order valence-corrected chi connectivity index (χ2v) is 5.35. The average Bonchev–Trinajstić information content (AvgIpc) is 2.83. The van der Waals surface area contributed by atoms with E-state index < -0.39 is 0 Å². The molecule has 1 unspecified atom stereocenters. The summed E-state index contributed by atoms with van der Waals surface area (Å²) in [6, 6.07) is 6.70. The van der Waals surface area contributed by atoms with Gasteiger partial charge < -0.3 is 5.73 Å². The van der Waals surface area contributed by atoms with Crippen molar-refractivity contribution in [3.05, 3.63) is 53.1 Å². The quantitative estimate of drug-likeness (QED) is 0.887. The van der Waals surface area contributed by atoms with Gasteiger partial charge in [-0.25, -0.2) is 4.39 Å². The van der Waals surface area contributed by atoms with Crippen molar-refractivity contribution in [3.8, 4) is 0 Å². The summed E-state index contributed by atoms with van der Waals surface area (Å²) in [5.74, 6) is -0.211. The molecule has 2 rings (SSSR count). The fourth-order valence-electron chi connectivity index (χ4n) is 2.64. The van der Waals surface area contributed by atoms with E-state index in [1.165, 1.54) is 17.7 Å². The zero-order valence-electron chi connectivity index (χ0n) is 12.9. The van der Waals surface area contributed by atoms with Crippen molar-refractivity contribution in [2.75, 3.05) is 13.6 Å². The average molecular weight is 290 g/mol. The minimum Gasteiger partial charge on any atom is -0.329 e. The van der Waals surface area contributed by atoms with Crippen molar-refractivity contribution in [1.29, 1.82) is 0 Å². The molecule has 1 aromatic heterocycles. The van der Waals surface area contributed by atoms with Crippen molar-refractivity contribution >= 4 is 0 Å². The molecule has 2 N–H and O–H groups in total. The monoisotopic (exact) mass is 290 g/mol. The number of rotatable bonds is 6. The second-order valence-electron chi connectivity index (χ2n) is 5.35. The van der Waals surface area contributed by atoms with Crippen LogP contribution in [0.4, 0.5) is 4.39 Å². The van der Waals surface area contributed by atoms with E-state index in [2.05, 4.69) is 16.9 Å². The first-order valence-electron chi connectivity index (χ1n) is 7.22. The summed E-state index contributed by atoms with van der Waals surface area (Å²) < 4.78 is 14.8. The number of benzene rings is 1. The lowest BCUT2D eigenvalue weighted by molar-refractivity contribution is 0.240. The van der Waals surface area contributed by atoms with E-state index in [-0.39, 0.29) is 11.9 Å². The largest absolute Gasteiger partial charge is 0.329 e. The van der Waals surface area contributed by atoms with Gasteiger partial charge in [-0.15, -0.1) is 0 Å². The standard InChI is InChI=1S/C16H23FN4/c1-4-15-14(11-21(3)19-15)16(9-18)20(2)10-12-5-7-13(17)8-6-12/h5-8,11,16H,4,9-10,18H2,1-3H3. The number of aromatic nitrogens is 2. The predicted molar refractivity (Wildman–Crippen MR) is 82.2 cm³/mol. The van der Waals surface area contributed by atoms with Crippen LogP contribution < -0.4 is 5.73 Å². The molecule has 1 heterocycles. The maximum absolute atomic E-state index is 13.0. The van der Waals surface area contributed by atoms with Gasteiger partial charge in [0.05, 0.1) is 11.7 Å². The number of hydrogen-bond donors (Lipinski definition) is 1. The molecule has 5 heteroatoms. The SMILES string of the molecule is CCc1nn(C)cc1C(CN)N(C)Cc1ccc(F)cc1. The first-order chi connectivity index (χ1) is 10.0. The summed E-state index contributed by atoms with van der Waals surface area (Å²) in [6.07, 6.45) is 2.93. The van der Waals surface area contributed by atoms with Gasteiger partial charge in [0.15, 0.2) is 0 Å². The van der Waals surface area contributed by atoms with Gasteiger partial charge >= 0.3 is 0 Å². The van der Waals surface area contributed by atoms with Gasteiger partial charge in [0.25, 0.3) is 0 Å². The molecule has 2 aromatic rings. The van der Waals surface area contributed by atoms with Gasteiger partial charge in [0.2, 0.25) is 0 Å². The Hall–Kier alpha value is -1.72. The van der Waals surface area contributed by atoms with Gasteiger partial charge in [0.1, 0.15) is 5.82 Å². The van der Waals surface area contributed by atoms with E-state index in [1.54, 1.807) is 0 Å². The molecule has 0 aliphatic rings. The highest BCUT2D eigenvalue weighted by Crippen LogP contribution is 2.23. The van der Waals surface area contributed by atoms with Gasteiger partial charge in [-0.2, -0.15) is 5.10 Å². The number of hydrogen-bond acceptors (Lipinski definition) is 3. The van der Waals surface area contributed by atoms with Crippen LogP contribution in [0.3, 0.4) is 0 Å². The summed E-state index contributed by atoms with van der Waals surface area (Å²) in [4.78, 5) is 2.18. The third-order valence-corrected chi connectivity index (χ3v) is 3.73. The van der Waals surface area contributed by atoms with Gasteiger partial charge in [-0.3, -0.25) is 9.58 Å². The molecule has 1 aromatic carbocycles. The normalized spacial score (nSPS) is 12.9. The molecule has 0 saturated carbocycles. The molecular formula is C16H23FN4. The summed E-state index contributed by atoms with van der Waals surface area (Å²) in [6.45, 7) is 3.34. The summed E-state index contributed by atoms with van der Waals surface area (Å²) in [5.41, 5.74) is 9.30. The lowest BCUT2D eigenvalue weighted by atomic mass is 10.0. The fraction of sp³-hybridized carbons (Fsp3) is 0.438. The van der Waals surface area contributed by atoms with Crippen LogP contribution >= 0.6 is 0 Å².